The third kappa shape index (κ3) is 3.77. The molecule has 0 unspecified atom stereocenters. The molecule has 0 saturated heterocycles. The second-order valence-electron chi connectivity index (χ2n) is 4.05. The lowest BCUT2D eigenvalue weighted by molar-refractivity contribution is -0.114. The van der Waals surface area contributed by atoms with Crippen LogP contribution in [-0.4, -0.2) is 5.91 Å². The van der Waals surface area contributed by atoms with Gasteiger partial charge in [-0.3, -0.25) is 4.79 Å². The first-order valence-corrected chi connectivity index (χ1v) is 5.64. The van der Waals surface area contributed by atoms with E-state index >= 15 is 0 Å². The molecule has 2 aromatic rings. The van der Waals surface area contributed by atoms with Crippen molar-refractivity contribution in [3.63, 3.8) is 0 Å². The van der Waals surface area contributed by atoms with Crippen molar-refractivity contribution in [2.75, 3.05) is 10.6 Å². The maximum Gasteiger partial charge on any atom is 0.221 e. The average molecular weight is 262 g/mol. The molecule has 2 rings (SSSR count). The van der Waals surface area contributed by atoms with Crippen molar-refractivity contribution >= 4 is 23.0 Å². The Morgan fingerprint density at radius 2 is 1.58 bits per heavy atom. The zero-order chi connectivity index (χ0) is 13.8. The molecule has 0 aliphatic carbocycles. The molecule has 0 saturated carbocycles. The van der Waals surface area contributed by atoms with Crippen LogP contribution in [0.4, 0.5) is 25.8 Å². The molecule has 19 heavy (non-hydrogen) atoms. The number of nitrogens with one attached hydrogen (secondary N) is 2. The first kappa shape index (κ1) is 13.0. The van der Waals surface area contributed by atoms with Crippen LogP contribution in [0, 0.1) is 11.6 Å². The summed E-state index contributed by atoms with van der Waals surface area (Å²) in [6, 6.07) is 10.0. The van der Waals surface area contributed by atoms with Crippen LogP contribution < -0.4 is 10.6 Å². The lowest BCUT2D eigenvalue weighted by Gasteiger charge is -2.09. The van der Waals surface area contributed by atoms with Crippen molar-refractivity contribution in [3.05, 3.63) is 54.1 Å². The minimum atomic E-state index is -0.652. The molecular formula is C14H12F2N2O. The van der Waals surface area contributed by atoms with Gasteiger partial charge < -0.3 is 10.6 Å². The van der Waals surface area contributed by atoms with Gasteiger partial charge in [-0.2, -0.15) is 0 Å². The van der Waals surface area contributed by atoms with E-state index in [0.29, 0.717) is 17.1 Å². The smallest absolute Gasteiger partial charge is 0.221 e. The molecule has 0 heterocycles. The maximum absolute atomic E-state index is 13.0. The summed E-state index contributed by atoms with van der Waals surface area (Å²) in [7, 11) is 0. The molecule has 2 N–H and O–H groups in total. The molecule has 0 radical (unpaired) electrons. The van der Waals surface area contributed by atoms with Crippen LogP contribution in [0.1, 0.15) is 6.92 Å². The number of amides is 1. The Morgan fingerprint density at radius 1 is 0.947 bits per heavy atom. The van der Waals surface area contributed by atoms with Gasteiger partial charge in [0.2, 0.25) is 5.91 Å². The van der Waals surface area contributed by atoms with E-state index in [2.05, 4.69) is 10.6 Å². The van der Waals surface area contributed by atoms with Crippen molar-refractivity contribution in [3.8, 4) is 0 Å². The highest BCUT2D eigenvalue weighted by atomic mass is 19.1. The molecule has 0 atom stereocenters. The van der Waals surface area contributed by atoms with Crippen LogP contribution in [0.2, 0.25) is 0 Å². The van der Waals surface area contributed by atoms with Gasteiger partial charge >= 0.3 is 0 Å². The number of benzene rings is 2. The predicted octanol–water partition coefficient (Wildman–Crippen LogP) is 3.67. The zero-order valence-corrected chi connectivity index (χ0v) is 10.2. The van der Waals surface area contributed by atoms with Gasteiger partial charge in [0.25, 0.3) is 0 Å². The monoisotopic (exact) mass is 262 g/mol. The number of hydrogen-bond donors (Lipinski definition) is 2. The fraction of sp³-hybridized carbons (Fsp3) is 0.0714. The van der Waals surface area contributed by atoms with Crippen molar-refractivity contribution < 1.29 is 13.6 Å². The van der Waals surface area contributed by atoms with Crippen molar-refractivity contribution in [1.29, 1.82) is 0 Å². The number of carbonyl (C=O) groups is 1. The van der Waals surface area contributed by atoms with E-state index in [4.69, 9.17) is 0 Å². The second-order valence-corrected chi connectivity index (χ2v) is 4.05. The first-order chi connectivity index (χ1) is 9.02. The van der Waals surface area contributed by atoms with E-state index in [-0.39, 0.29) is 5.91 Å². The van der Waals surface area contributed by atoms with Crippen LogP contribution in [0.25, 0.3) is 0 Å². The minimum Gasteiger partial charge on any atom is -0.355 e. The SMILES string of the molecule is CC(=O)Nc1cccc(Nc2cc(F)cc(F)c2)c1. The van der Waals surface area contributed by atoms with E-state index in [9.17, 15) is 13.6 Å². The molecule has 0 spiro atoms. The molecule has 0 bridgehead atoms. The Hall–Kier alpha value is -2.43. The summed E-state index contributed by atoms with van der Waals surface area (Å²) in [5.74, 6) is -1.49. The van der Waals surface area contributed by atoms with Gasteiger partial charge in [0.1, 0.15) is 11.6 Å². The number of carbonyl (C=O) groups excluding carboxylic acids is 1. The van der Waals surface area contributed by atoms with Crippen LogP contribution in [0.5, 0.6) is 0 Å². The third-order valence-electron chi connectivity index (χ3n) is 2.33. The van der Waals surface area contributed by atoms with E-state index < -0.39 is 11.6 Å². The van der Waals surface area contributed by atoms with Gasteiger partial charge in [-0.15, -0.1) is 0 Å². The van der Waals surface area contributed by atoms with Crippen molar-refractivity contribution in [1.82, 2.24) is 0 Å². The summed E-state index contributed by atoms with van der Waals surface area (Å²) in [6.07, 6.45) is 0. The normalized spacial score (nSPS) is 10.1. The Morgan fingerprint density at radius 3 is 2.21 bits per heavy atom. The fourth-order valence-electron chi connectivity index (χ4n) is 1.67. The van der Waals surface area contributed by atoms with Crippen LogP contribution >= 0.6 is 0 Å². The number of hydrogen-bond acceptors (Lipinski definition) is 2. The molecule has 1 amide bonds. The number of halogens is 2. The Balaban J connectivity index is 2.20. The minimum absolute atomic E-state index is 0.186. The standard InChI is InChI=1S/C14H12F2N2O/c1-9(19)17-12-3-2-4-13(8-12)18-14-6-10(15)5-11(16)7-14/h2-8,18H,1H3,(H,17,19). The maximum atomic E-state index is 13.0. The van der Waals surface area contributed by atoms with E-state index in [1.165, 1.54) is 19.1 Å². The highest BCUT2D eigenvalue weighted by Gasteiger charge is 2.02. The highest BCUT2D eigenvalue weighted by molar-refractivity contribution is 5.89. The van der Waals surface area contributed by atoms with Crippen LogP contribution in [-0.2, 0) is 4.79 Å². The third-order valence-corrected chi connectivity index (χ3v) is 2.33. The van der Waals surface area contributed by atoms with Crippen LogP contribution in [0.15, 0.2) is 42.5 Å². The van der Waals surface area contributed by atoms with E-state index in [0.717, 1.165) is 6.07 Å². The highest BCUT2D eigenvalue weighted by Crippen LogP contribution is 2.21. The second kappa shape index (κ2) is 5.48. The number of anilines is 3. The predicted molar refractivity (Wildman–Crippen MR) is 70.4 cm³/mol. The average Bonchev–Trinajstić information content (AvgIpc) is 2.26. The largest absolute Gasteiger partial charge is 0.355 e. The lowest BCUT2D eigenvalue weighted by Crippen LogP contribution is -2.05. The zero-order valence-electron chi connectivity index (χ0n) is 10.2. The molecule has 0 aliphatic rings. The quantitative estimate of drug-likeness (QED) is 0.886. The van der Waals surface area contributed by atoms with Gasteiger partial charge in [0, 0.05) is 30.1 Å². The van der Waals surface area contributed by atoms with Crippen molar-refractivity contribution in [2.24, 2.45) is 0 Å². The fourth-order valence-corrected chi connectivity index (χ4v) is 1.67. The molecular weight excluding hydrogens is 250 g/mol. The Labute approximate surface area is 109 Å². The summed E-state index contributed by atoms with van der Waals surface area (Å²) < 4.78 is 26.1. The van der Waals surface area contributed by atoms with Crippen LogP contribution in [0.3, 0.4) is 0 Å². The summed E-state index contributed by atoms with van der Waals surface area (Å²) >= 11 is 0. The van der Waals surface area contributed by atoms with E-state index in [1.54, 1.807) is 24.3 Å². The number of rotatable bonds is 3. The Bertz CT molecular complexity index is 594. The molecule has 0 aromatic heterocycles. The molecule has 0 fully saturated rings. The molecule has 3 nitrogen and oxygen atoms in total. The molecule has 5 heteroatoms. The van der Waals surface area contributed by atoms with Crippen molar-refractivity contribution in [2.45, 2.75) is 6.92 Å². The lowest BCUT2D eigenvalue weighted by atomic mass is 10.2. The summed E-state index contributed by atoms with van der Waals surface area (Å²) in [5.41, 5.74) is 1.53. The topological polar surface area (TPSA) is 41.1 Å². The Kier molecular flexibility index (Phi) is 3.75. The molecule has 0 aliphatic heterocycles. The van der Waals surface area contributed by atoms with Gasteiger partial charge in [0.05, 0.1) is 0 Å². The summed E-state index contributed by atoms with van der Waals surface area (Å²) in [4.78, 5) is 10.9. The van der Waals surface area contributed by atoms with Gasteiger partial charge in [0.15, 0.2) is 0 Å². The van der Waals surface area contributed by atoms with Gasteiger partial charge in [-0.05, 0) is 30.3 Å². The van der Waals surface area contributed by atoms with E-state index in [1.807, 2.05) is 0 Å². The summed E-state index contributed by atoms with van der Waals surface area (Å²) in [6.45, 7) is 1.40. The van der Waals surface area contributed by atoms with Gasteiger partial charge in [-0.25, -0.2) is 8.78 Å². The van der Waals surface area contributed by atoms with Gasteiger partial charge in [-0.1, -0.05) is 6.07 Å². The first-order valence-electron chi connectivity index (χ1n) is 5.64. The molecule has 2 aromatic carbocycles. The molecule has 98 valence electrons. The summed E-state index contributed by atoms with van der Waals surface area (Å²) in [5, 5.41) is 5.49.